The van der Waals surface area contributed by atoms with Gasteiger partial charge in [0.1, 0.15) is 0 Å². The molecule has 0 fully saturated rings. The van der Waals surface area contributed by atoms with Crippen LogP contribution >= 0.6 is 0 Å². The Bertz CT molecular complexity index is 422. The third-order valence-corrected chi connectivity index (χ3v) is 2.57. The van der Waals surface area contributed by atoms with Gasteiger partial charge in [0.2, 0.25) is 5.91 Å². The number of hydrogen-bond acceptors (Lipinski definition) is 3. The van der Waals surface area contributed by atoms with E-state index in [1.165, 1.54) is 6.08 Å². The summed E-state index contributed by atoms with van der Waals surface area (Å²) in [4.78, 5) is 11.4. The fourth-order valence-corrected chi connectivity index (χ4v) is 1.53. The highest BCUT2D eigenvalue weighted by Crippen LogP contribution is 2.13. The van der Waals surface area contributed by atoms with Crippen LogP contribution < -0.4 is 5.32 Å². The first-order chi connectivity index (χ1) is 8.06. The van der Waals surface area contributed by atoms with Gasteiger partial charge < -0.3 is 10.1 Å². The summed E-state index contributed by atoms with van der Waals surface area (Å²) in [5.41, 5.74) is 2.96. The normalized spacial score (nSPS) is 11.1. The van der Waals surface area contributed by atoms with Crippen LogP contribution in [0.4, 0.5) is 0 Å². The van der Waals surface area contributed by atoms with E-state index in [0.29, 0.717) is 13.2 Å². The summed E-state index contributed by atoms with van der Waals surface area (Å²) < 4.78 is 6.65. The van der Waals surface area contributed by atoms with Crippen molar-refractivity contribution in [2.75, 3.05) is 20.3 Å². The Labute approximate surface area is 101 Å². The molecule has 0 unspecified atom stereocenters. The van der Waals surface area contributed by atoms with Gasteiger partial charge in [0.05, 0.1) is 12.3 Å². The molecule has 0 saturated heterocycles. The van der Waals surface area contributed by atoms with E-state index in [-0.39, 0.29) is 5.91 Å². The van der Waals surface area contributed by atoms with E-state index in [2.05, 4.69) is 10.4 Å². The number of rotatable bonds is 5. The summed E-state index contributed by atoms with van der Waals surface area (Å²) in [6, 6.07) is 0. The van der Waals surface area contributed by atoms with Gasteiger partial charge in [-0.05, 0) is 19.9 Å². The summed E-state index contributed by atoms with van der Waals surface area (Å²) in [5, 5.41) is 7.00. The molecule has 0 atom stereocenters. The average molecular weight is 237 g/mol. The van der Waals surface area contributed by atoms with Crippen LogP contribution in [-0.4, -0.2) is 35.9 Å². The van der Waals surface area contributed by atoms with Gasteiger partial charge in [0.15, 0.2) is 0 Å². The minimum Gasteiger partial charge on any atom is -0.383 e. The summed E-state index contributed by atoms with van der Waals surface area (Å²) >= 11 is 0. The maximum atomic E-state index is 11.4. The highest BCUT2D eigenvalue weighted by molar-refractivity contribution is 5.91. The molecule has 0 aliphatic rings. The number of carbonyl (C=O) groups excluding carboxylic acids is 1. The summed E-state index contributed by atoms with van der Waals surface area (Å²) in [6.45, 7) is 4.94. The molecule has 17 heavy (non-hydrogen) atoms. The van der Waals surface area contributed by atoms with E-state index in [4.69, 9.17) is 4.74 Å². The minimum absolute atomic E-state index is 0.121. The van der Waals surface area contributed by atoms with Gasteiger partial charge in [-0.2, -0.15) is 5.10 Å². The van der Waals surface area contributed by atoms with Gasteiger partial charge in [0, 0.05) is 38.0 Å². The Hall–Kier alpha value is -1.62. The lowest BCUT2D eigenvalue weighted by atomic mass is 10.2. The van der Waals surface area contributed by atoms with Gasteiger partial charge in [-0.15, -0.1) is 0 Å². The number of aryl methyl sites for hydroxylation is 2. The Morgan fingerprint density at radius 1 is 1.53 bits per heavy atom. The number of amides is 1. The molecular weight excluding hydrogens is 218 g/mol. The van der Waals surface area contributed by atoms with Gasteiger partial charge in [-0.25, -0.2) is 0 Å². The molecule has 0 aliphatic carbocycles. The van der Waals surface area contributed by atoms with Crippen LogP contribution in [0.15, 0.2) is 6.08 Å². The molecule has 0 spiro atoms. The van der Waals surface area contributed by atoms with Crippen LogP contribution in [0.5, 0.6) is 0 Å². The van der Waals surface area contributed by atoms with E-state index in [1.54, 1.807) is 17.9 Å². The molecule has 1 heterocycles. The summed E-state index contributed by atoms with van der Waals surface area (Å²) in [7, 11) is 3.49. The Balaban J connectivity index is 2.61. The molecule has 0 aliphatic heterocycles. The second-order valence-corrected chi connectivity index (χ2v) is 3.83. The van der Waals surface area contributed by atoms with Crippen LogP contribution in [0, 0.1) is 13.8 Å². The largest absolute Gasteiger partial charge is 0.383 e. The standard InChI is InChI=1S/C12H19N3O2/c1-9-11(10(2)15(3)14-9)5-6-12(16)13-7-8-17-4/h5-6H,7-8H2,1-4H3,(H,13,16)/b6-5+. The average Bonchev–Trinajstić information content (AvgIpc) is 2.51. The molecule has 1 rings (SSSR count). The van der Waals surface area contributed by atoms with Crippen molar-refractivity contribution in [3.05, 3.63) is 23.0 Å². The second-order valence-electron chi connectivity index (χ2n) is 3.83. The quantitative estimate of drug-likeness (QED) is 0.609. The van der Waals surface area contributed by atoms with Crippen LogP contribution in [0.2, 0.25) is 0 Å². The number of methoxy groups -OCH3 is 1. The smallest absolute Gasteiger partial charge is 0.244 e. The first-order valence-corrected chi connectivity index (χ1v) is 5.51. The molecule has 5 heteroatoms. The molecule has 0 radical (unpaired) electrons. The molecular formula is C12H19N3O2. The van der Waals surface area contributed by atoms with E-state index in [1.807, 2.05) is 20.9 Å². The predicted molar refractivity (Wildman–Crippen MR) is 66.6 cm³/mol. The fraction of sp³-hybridized carbons (Fsp3) is 0.500. The Morgan fingerprint density at radius 2 is 2.24 bits per heavy atom. The molecule has 5 nitrogen and oxygen atoms in total. The predicted octanol–water partition coefficient (Wildman–Crippen LogP) is 0.813. The molecule has 1 aromatic heterocycles. The topological polar surface area (TPSA) is 56.1 Å². The second kappa shape index (κ2) is 6.20. The van der Waals surface area contributed by atoms with Crippen LogP contribution in [0.25, 0.3) is 6.08 Å². The Morgan fingerprint density at radius 3 is 2.76 bits per heavy atom. The number of nitrogens with one attached hydrogen (secondary N) is 1. The van der Waals surface area contributed by atoms with E-state index in [9.17, 15) is 4.79 Å². The minimum atomic E-state index is -0.121. The van der Waals surface area contributed by atoms with Crippen LogP contribution in [0.3, 0.4) is 0 Å². The molecule has 0 bridgehead atoms. The third kappa shape index (κ3) is 3.71. The summed E-state index contributed by atoms with van der Waals surface area (Å²) in [6.07, 6.45) is 3.31. The van der Waals surface area contributed by atoms with E-state index >= 15 is 0 Å². The maximum absolute atomic E-state index is 11.4. The zero-order valence-corrected chi connectivity index (χ0v) is 10.8. The molecule has 0 saturated carbocycles. The van der Waals surface area contributed by atoms with Gasteiger partial charge in [-0.3, -0.25) is 9.48 Å². The van der Waals surface area contributed by atoms with Gasteiger partial charge in [-0.1, -0.05) is 0 Å². The lowest BCUT2D eigenvalue weighted by Crippen LogP contribution is -2.24. The SMILES string of the molecule is COCCNC(=O)/C=C/c1c(C)nn(C)c1C. The highest BCUT2D eigenvalue weighted by atomic mass is 16.5. The molecule has 1 aromatic rings. The first-order valence-electron chi connectivity index (χ1n) is 5.51. The molecule has 0 aromatic carbocycles. The zero-order valence-electron chi connectivity index (χ0n) is 10.8. The maximum Gasteiger partial charge on any atom is 0.244 e. The lowest BCUT2D eigenvalue weighted by molar-refractivity contribution is -0.116. The van der Waals surface area contributed by atoms with Crippen molar-refractivity contribution in [2.24, 2.45) is 7.05 Å². The number of ether oxygens (including phenoxy) is 1. The van der Waals surface area contributed by atoms with Crippen molar-refractivity contribution in [1.82, 2.24) is 15.1 Å². The molecule has 1 N–H and O–H groups in total. The summed E-state index contributed by atoms with van der Waals surface area (Å²) in [5.74, 6) is -0.121. The number of carbonyl (C=O) groups is 1. The third-order valence-electron chi connectivity index (χ3n) is 2.57. The van der Waals surface area contributed by atoms with E-state index < -0.39 is 0 Å². The number of aromatic nitrogens is 2. The lowest BCUT2D eigenvalue weighted by Gasteiger charge is -2.00. The van der Waals surface area contributed by atoms with Crippen LogP contribution in [-0.2, 0) is 16.6 Å². The zero-order chi connectivity index (χ0) is 12.8. The van der Waals surface area contributed by atoms with Crippen molar-refractivity contribution in [3.63, 3.8) is 0 Å². The monoisotopic (exact) mass is 237 g/mol. The van der Waals surface area contributed by atoms with Crippen molar-refractivity contribution in [2.45, 2.75) is 13.8 Å². The molecule has 1 amide bonds. The first kappa shape index (κ1) is 13.4. The van der Waals surface area contributed by atoms with Gasteiger partial charge >= 0.3 is 0 Å². The Kier molecular flexibility index (Phi) is 4.90. The fourth-order valence-electron chi connectivity index (χ4n) is 1.53. The number of hydrogen-bond donors (Lipinski definition) is 1. The van der Waals surface area contributed by atoms with Crippen LogP contribution in [0.1, 0.15) is 17.0 Å². The van der Waals surface area contributed by atoms with Crippen molar-refractivity contribution >= 4 is 12.0 Å². The molecule has 94 valence electrons. The van der Waals surface area contributed by atoms with Crippen molar-refractivity contribution in [3.8, 4) is 0 Å². The van der Waals surface area contributed by atoms with Gasteiger partial charge in [0.25, 0.3) is 0 Å². The number of nitrogens with zero attached hydrogens (tertiary/aromatic N) is 2. The highest BCUT2D eigenvalue weighted by Gasteiger charge is 2.06. The van der Waals surface area contributed by atoms with Crippen molar-refractivity contribution < 1.29 is 9.53 Å². The van der Waals surface area contributed by atoms with Crippen molar-refractivity contribution in [1.29, 1.82) is 0 Å². The van der Waals surface area contributed by atoms with E-state index in [0.717, 1.165) is 17.0 Å².